The van der Waals surface area contributed by atoms with Crippen molar-refractivity contribution >= 4 is 31.1 Å². The van der Waals surface area contributed by atoms with Gasteiger partial charge in [-0.25, -0.2) is 4.57 Å². The number of hydrogen-bond acceptors (Lipinski definition) is 6. The predicted octanol–water partition coefficient (Wildman–Crippen LogP) is 3.64. The molecule has 1 aliphatic rings. The Labute approximate surface area is 189 Å². The molecule has 0 fully saturated rings. The third-order valence-corrected chi connectivity index (χ3v) is 5.76. The largest absolute Gasteiger partial charge is 0.485 e. The number of Topliss-reactive ketones (excluding diaryl/α,β-unsaturated/α-hetero) is 1. The smallest absolute Gasteiger partial charge is 0.471 e. The van der Waals surface area contributed by atoms with Crippen LogP contribution >= 0.6 is 19.4 Å². The van der Waals surface area contributed by atoms with E-state index in [-0.39, 0.29) is 16.4 Å². The molecule has 1 amide bonds. The summed E-state index contributed by atoms with van der Waals surface area (Å²) in [7, 11) is -4.78. The fourth-order valence-electron chi connectivity index (χ4n) is 3.50. The summed E-state index contributed by atoms with van der Waals surface area (Å²) in [6, 6.07) is 10.5. The Morgan fingerprint density at radius 3 is 2.53 bits per heavy atom. The van der Waals surface area contributed by atoms with E-state index in [1.54, 1.807) is 56.3 Å². The van der Waals surface area contributed by atoms with Gasteiger partial charge in [0.2, 0.25) is 0 Å². The van der Waals surface area contributed by atoms with Crippen molar-refractivity contribution in [2.75, 3.05) is 6.79 Å². The summed E-state index contributed by atoms with van der Waals surface area (Å²) in [5.74, 6) is -0.252. The molecule has 0 bridgehead atoms. The van der Waals surface area contributed by atoms with E-state index >= 15 is 0 Å². The number of nitrogens with one attached hydrogen (secondary N) is 1. The summed E-state index contributed by atoms with van der Waals surface area (Å²) in [6.45, 7) is 4.06. The highest BCUT2D eigenvalue weighted by Crippen LogP contribution is 2.43. The molecule has 0 unspecified atom stereocenters. The van der Waals surface area contributed by atoms with Crippen molar-refractivity contribution in [1.29, 1.82) is 0 Å². The SMILES string of the molecule is CC(=O)c1ccc2c(c1)[C@@H](NC(=O)c1ccccc1Cl)[C@H](OCOP(=O)(O)O)C(C)(C)O2. The van der Waals surface area contributed by atoms with Gasteiger partial charge in [0.15, 0.2) is 12.6 Å². The van der Waals surface area contributed by atoms with Crippen LogP contribution in [0.4, 0.5) is 0 Å². The highest BCUT2D eigenvalue weighted by molar-refractivity contribution is 7.46. The number of ether oxygens (including phenoxy) is 2. The minimum absolute atomic E-state index is 0.184. The van der Waals surface area contributed by atoms with E-state index in [0.29, 0.717) is 16.9 Å². The highest BCUT2D eigenvalue weighted by Gasteiger charge is 2.46. The summed E-state index contributed by atoms with van der Waals surface area (Å²) in [5.41, 5.74) is 0.0577. The summed E-state index contributed by atoms with van der Waals surface area (Å²) in [5, 5.41) is 3.11. The summed E-state index contributed by atoms with van der Waals surface area (Å²) in [4.78, 5) is 42.9. The van der Waals surface area contributed by atoms with Crippen LogP contribution in [0.5, 0.6) is 5.75 Å². The van der Waals surface area contributed by atoms with Crippen molar-refractivity contribution in [3.63, 3.8) is 0 Å². The number of rotatable bonds is 7. The molecule has 2 aromatic rings. The number of carbonyl (C=O) groups excluding carboxylic acids is 2. The lowest BCUT2D eigenvalue weighted by Gasteiger charge is -2.44. The van der Waals surface area contributed by atoms with Crippen LogP contribution in [0.1, 0.15) is 53.1 Å². The minimum Gasteiger partial charge on any atom is -0.485 e. The van der Waals surface area contributed by atoms with Gasteiger partial charge < -0.3 is 24.6 Å². The van der Waals surface area contributed by atoms with Crippen molar-refractivity contribution < 1.29 is 37.9 Å². The molecule has 2 atom stereocenters. The van der Waals surface area contributed by atoms with E-state index < -0.39 is 38.3 Å². The second kappa shape index (κ2) is 9.31. The minimum atomic E-state index is -4.78. The number of fused-ring (bicyclic) bond motifs is 1. The van der Waals surface area contributed by atoms with Crippen molar-refractivity contribution in [3.05, 3.63) is 64.2 Å². The molecule has 3 rings (SSSR count). The number of amides is 1. The average molecular weight is 484 g/mol. The molecule has 3 N–H and O–H groups in total. The van der Waals surface area contributed by atoms with Gasteiger partial charge in [-0.15, -0.1) is 0 Å². The molecule has 0 radical (unpaired) electrons. The second-order valence-electron chi connectivity index (χ2n) is 7.77. The van der Waals surface area contributed by atoms with Crippen LogP contribution in [0.2, 0.25) is 5.02 Å². The first-order chi connectivity index (χ1) is 14.9. The van der Waals surface area contributed by atoms with Crippen LogP contribution in [0, 0.1) is 0 Å². The van der Waals surface area contributed by atoms with Crippen LogP contribution < -0.4 is 10.1 Å². The summed E-state index contributed by atoms with van der Waals surface area (Å²) in [6.07, 6.45) is -0.935. The molecular weight excluding hydrogens is 461 g/mol. The van der Waals surface area contributed by atoms with E-state index in [4.69, 9.17) is 30.9 Å². The van der Waals surface area contributed by atoms with Crippen molar-refractivity contribution in [1.82, 2.24) is 5.32 Å². The predicted molar refractivity (Wildman–Crippen MR) is 116 cm³/mol. The van der Waals surface area contributed by atoms with E-state index in [2.05, 4.69) is 9.84 Å². The molecule has 0 saturated carbocycles. The van der Waals surface area contributed by atoms with Crippen LogP contribution in [-0.2, 0) is 13.8 Å². The van der Waals surface area contributed by atoms with E-state index in [9.17, 15) is 14.2 Å². The van der Waals surface area contributed by atoms with Gasteiger partial charge in [-0.2, -0.15) is 0 Å². The van der Waals surface area contributed by atoms with Gasteiger partial charge in [0.05, 0.1) is 16.6 Å². The molecular formula is C21H23ClNO8P. The van der Waals surface area contributed by atoms with Crippen molar-refractivity contribution in [2.45, 2.75) is 38.5 Å². The number of carbonyl (C=O) groups is 2. The van der Waals surface area contributed by atoms with Crippen LogP contribution in [-0.4, -0.2) is 40.0 Å². The van der Waals surface area contributed by atoms with E-state index in [0.717, 1.165) is 0 Å². The lowest BCUT2D eigenvalue weighted by Crippen LogP contribution is -2.55. The van der Waals surface area contributed by atoms with Gasteiger partial charge in [0.1, 0.15) is 17.5 Å². The standard InChI is InChI=1S/C21H23ClNO8P/c1-12(24)13-8-9-17-15(10-13)18(23-20(25)14-6-4-5-7-16(14)22)19(21(2,3)31-17)29-11-30-32(26,27)28/h4-10,18-19H,11H2,1-3H3,(H,23,25)(H2,26,27,28)/t18-,19+/m1/s1. The zero-order valence-electron chi connectivity index (χ0n) is 17.6. The maximum absolute atomic E-state index is 13.0. The van der Waals surface area contributed by atoms with E-state index in [1.165, 1.54) is 6.92 Å². The molecule has 11 heteroatoms. The Kier molecular flexibility index (Phi) is 7.09. The number of phosphoric acid groups is 1. The maximum atomic E-state index is 13.0. The lowest BCUT2D eigenvalue weighted by atomic mass is 9.85. The number of ketones is 1. The van der Waals surface area contributed by atoms with Crippen molar-refractivity contribution in [3.8, 4) is 5.75 Å². The lowest BCUT2D eigenvalue weighted by molar-refractivity contribution is -0.141. The van der Waals surface area contributed by atoms with Gasteiger partial charge in [-0.1, -0.05) is 23.7 Å². The first-order valence-corrected chi connectivity index (χ1v) is 11.5. The quantitative estimate of drug-likeness (QED) is 0.309. The second-order valence-corrected chi connectivity index (χ2v) is 9.42. The Bertz CT molecular complexity index is 1080. The third-order valence-electron chi connectivity index (χ3n) is 4.99. The third kappa shape index (κ3) is 5.56. The molecule has 2 aromatic carbocycles. The van der Waals surface area contributed by atoms with Gasteiger partial charge in [0, 0.05) is 11.1 Å². The van der Waals surface area contributed by atoms with Crippen LogP contribution in [0.3, 0.4) is 0 Å². The monoisotopic (exact) mass is 483 g/mol. The van der Waals surface area contributed by atoms with Crippen LogP contribution in [0.25, 0.3) is 0 Å². The number of halogens is 1. The summed E-state index contributed by atoms with van der Waals surface area (Å²) >= 11 is 6.16. The molecule has 0 aromatic heterocycles. The molecule has 32 heavy (non-hydrogen) atoms. The Hall–Kier alpha value is -2.26. The topological polar surface area (TPSA) is 131 Å². The van der Waals surface area contributed by atoms with Crippen LogP contribution in [0.15, 0.2) is 42.5 Å². The Morgan fingerprint density at radius 2 is 1.91 bits per heavy atom. The van der Waals surface area contributed by atoms with Gasteiger partial charge in [0.25, 0.3) is 5.91 Å². The number of hydrogen-bond donors (Lipinski definition) is 3. The fraction of sp³-hybridized carbons (Fsp3) is 0.333. The summed E-state index contributed by atoms with van der Waals surface area (Å²) < 4.78 is 27.2. The molecule has 0 saturated heterocycles. The molecule has 1 aliphatic heterocycles. The molecule has 9 nitrogen and oxygen atoms in total. The zero-order chi connectivity index (χ0) is 23.7. The molecule has 1 heterocycles. The highest BCUT2D eigenvalue weighted by atomic mass is 35.5. The first-order valence-electron chi connectivity index (χ1n) is 9.60. The molecule has 0 spiro atoms. The Balaban J connectivity index is 2.02. The Morgan fingerprint density at radius 1 is 1.22 bits per heavy atom. The zero-order valence-corrected chi connectivity index (χ0v) is 19.2. The van der Waals surface area contributed by atoms with Gasteiger partial charge in [-0.05, 0) is 51.1 Å². The van der Waals surface area contributed by atoms with Gasteiger partial charge in [-0.3, -0.25) is 14.1 Å². The number of benzene rings is 2. The maximum Gasteiger partial charge on any atom is 0.471 e. The first kappa shape index (κ1) is 24.4. The molecule has 0 aliphatic carbocycles. The van der Waals surface area contributed by atoms with Gasteiger partial charge >= 0.3 is 7.82 Å². The number of phosphoric ester groups is 1. The fourth-order valence-corrected chi connectivity index (χ4v) is 3.92. The van der Waals surface area contributed by atoms with E-state index in [1.807, 2.05) is 0 Å². The average Bonchev–Trinajstić information content (AvgIpc) is 2.68. The molecule has 172 valence electrons. The normalized spacial score (nSPS) is 19.6. The van der Waals surface area contributed by atoms with Crippen molar-refractivity contribution in [2.24, 2.45) is 0 Å².